The third-order valence-electron chi connectivity index (χ3n) is 7.39. The lowest BCUT2D eigenvalue weighted by Gasteiger charge is -2.29. The van der Waals surface area contributed by atoms with Crippen LogP contribution in [0.2, 0.25) is 0 Å². The van der Waals surface area contributed by atoms with Crippen molar-refractivity contribution in [3.63, 3.8) is 0 Å². The lowest BCUT2D eigenvalue weighted by molar-refractivity contribution is -0.182. The molecular formula is C25H27F6N3O3S. The van der Waals surface area contributed by atoms with Gasteiger partial charge >= 0.3 is 6.18 Å². The topological polar surface area (TPSA) is 79.4 Å². The second kappa shape index (κ2) is 10.8. The number of benzene rings is 1. The summed E-state index contributed by atoms with van der Waals surface area (Å²) in [6.07, 6.45) is -5.01. The molecule has 1 amide bonds. The average molecular weight is 564 g/mol. The van der Waals surface area contributed by atoms with Crippen molar-refractivity contribution < 1.29 is 39.6 Å². The third-order valence-corrected chi connectivity index (χ3v) is 9.40. The van der Waals surface area contributed by atoms with E-state index in [0.717, 1.165) is 34.8 Å². The van der Waals surface area contributed by atoms with Crippen molar-refractivity contribution in [3.05, 3.63) is 59.4 Å². The first-order valence-electron chi connectivity index (χ1n) is 12.2. The highest BCUT2D eigenvalue weighted by molar-refractivity contribution is 7.89. The Morgan fingerprint density at radius 3 is 2.34 bits per heavy atom. The fraction of sp³-hybridized carbons (Fsp3) is 0.520. The Bertz CT molecular complexity index is 1260. The van der Waals surface area contributed by atoms with Crippen molar-refractivity contribution in [1.29, 1.82) is 0 Å². The van der Waals surface area contributed by atoms with Crippen LogP contribution in [0.1, 0.15) is 56.2 Å². The summed E-state index contributed by atoms with van der Waals surface area (Å²) >= 11 is 0. The molecule has 1 saturated heterocycles. The van der Waals surface area contributed by atoms with Gasteiger partial charge in [0.1, 0.15) is 23.8 Å². The molecule has 208 valence electrons. The van der Waals surface area contributed by atoms with Crippen LogP contribution in [0.25, 0.3) is 0 Å². The SMILES string of the molecule is C[C@H]1[C@H](F)C[C@@H](C(=O)NCc2cc([C@H]3CC[C@@H](C(F)(F)F)CC3)ncc2F)N1S(=O)(=O)c1ccc(F)cc1. The van der Waals surface area contributed by atoms with Crippen LogP contribution >= 0.6 is 0 Å². The number of halogens is 6. The van der Waals surface area contributed by atoms with E-state index in [1.165, 1.54) is 13.0 Å². The Morgan fingerprint density at radius 1 is 1.11 bits per heavy atom. The van der Waals surface area contributed by atoms with Crippen LogP contribution in [0.4, 0.5) is 26.3 Å². The van der Waals surface area contributed by atoms with Crippen molar-refractivity contribution in [2.75, 3.05) is 0 Å². The van der Waals surface area contributed by atoms with Crippen LogP contribution in [-0.2, 0) is 21.4 Å². The Balaban J connectivity index is 1.46. The van der Waals surface area contributed by atoms with Gasteiger partial charge in [0.2, 0.25) is 15.9 Å². The summed E-state index contributed by atoms with van der Waals surface area (Å²) in [4.78, 5) is 16.7. The summed E-state index contributed by atoms with van der Waals surface area (Å²) < 4.78 is 108. The van der Waals surface area contributed by atoms with Gasteiger partial charge in [0.25, 0.3) is 0 Å². The third kappa shape index (κ3) is 5.83. The maximum absolute atomic E-state index is 14.6. The van der Waals surface area contributed by atoms with E-state index in [-0.39, 0.29) is 48.6 Å². The molecule has 1 aromatic heterocycles. The molecule has 6 nitrogen and oxygen atoms in total. The number of sulfonamides is 1. The number of hydrogen-bond donors (Lipinski definition) is 1. The average Bonchev–Trinajstić information content (AvgIpc) is 3.18. The normalized spacial score (nSPS) is 26.9. The summed E-state index contributed by atoms with van der Waals surface area (Å²) in [7, 11) is -4.36. The largest absolute Gasteiger partial charge is 0.391 e. The highest BCUT2D eigenvalue weighted by Crippen LogP contribution is 2.42. The highest BCUT2D eigenvalue weighted by Gasteiger charge is 2.49. The number of hydrogen-bond acceptors (Lipinski definition) is 4. The van der Waals surface area contributed by atoms with E-state index in [0.29, 0.717) is 5.69 Å². The summed E-state index contributed by atoms with van der Waals surface area (Å²) in [6, 6.07) is 2.72. The van der Waals surface area contributed by atoms with E-state index in [2.05, 4.69) is 10.3 Å². The van der Waals surface area contributed by atoms with E-state index >= 15 is 0 Å². The molecule has 38 heavy (non-hydrogen) atoms. The van der Waals surface area contributed by atoms with Crippen molar-refractivity contribution >= 4 is 15.9 Å². The Morgan fingerprint density at radius 2 is 1.74 bits per heavy atom. The van der Waals surface area contributed by atoms with Crippen molar-refractivity contribution in [3.8, 4) is 0 Å². The van der Waals surface area contributed by atoms with Gasteiger partial charge in [-0.15, -0.1) is 0 Å². The van der Waals surface area contributed by atoms with Gasteiger partial charge in [-0.2, -0.15) is 17.5 Å². The molecule has 13 heteroatoms. The number of pyridine rings is 1. The van der Waals surface area contributed by atoms with Gasteiger partial charge in [0.15, 0.2) is 0 Å². The minimum atomic E-state index is -4.36. The van der Waals surface area contributed by atoms with Crippen LogP contribution in [0.3, 0.4) is 0 Å². The zero-order chi connectivity index (χ0) is 27.8. The summed E-state index contributed by atoms with van der Waals surface area (Å²) in [5, 5.41) is 2.45. The summed E-state index contributed by atoms with van der Waals surface area (Å²) in [6.45, 7) is 0.964. The second-order valence-electron chi connectivity index (χ2n) is 9.81. The molecule has 3 atom stereocenters. The van der Waals surface area contributed by atoms with Gasteiger partial charge in [-0.1, -0.05) is 0 Å². The predicted molar refractivity (Wildman–Crippen MR) is 125 cm³/mol. The molecule has 1 saturated carbocycles. The van der Waals surface area contributed by atoms with Crippen LogP contribution in [-0.4, -0.2) is 48.0 Å². The molecule has 1 aromatic carbocycles. The molecule has 1 aliphatic heterocycles. The second-order valence-corrected chi connectivity index (χ2v) is 11.6. The molecule has 2 heterocycles. The lowest BCUT2D eigenvalue weighted by Crippen LogP contribution is -2.48. The molecule has 0 unspecified atom stereocenters. The Hall–Kier alpha value is -2.67. The fourth-order valence-corrected chi connectivity index (χ4v) is 6.98. The molecule has 0 spiro atoms. The van der Waals surface area contributed by atoms with Gasteiger partial charge in [-0.25, -0.2) is 21.6 Å². The molecule has 2 aromatic rings. The van der Waals surface area contributed by atoms with Gasteiger partial charge in [-0.05, 0) is 62.9 Å². The molecule has 4 rings (SSSR count). The maximum atomic E-state index is 14.6. The molecule has 2 aliphatic rings. The minimum Gasteiger partial charge on any atom is -0.351 e. The number of aromatic nitrogens is 1. The number of carbonyl (C=O) groups is 1. The summed E-state index contributed by atoms with van der Waals surface area (Å²) in [5.74, 6) is -3.92. The first-order chi connectivity index (χ1) is 17.8. The first-order valence-corrected chi connectivity index (χ1v) is 13.6. The number of carbonyl (C=O) groups excluding carboxylic acids is 1. The van der Waals surface area contributed by atoms with E-state index < -0.39 is 64.3 Å². The molecule has 0 radical (unpaired) electrons. The van der Waals surface area contributed by atoms with Crippen LogP contribution in [0.5, 0.6) is 0 Å². The van der Waals surface area contributed by atoms with Crippen molar-refractivity contribution in [2.24, 2.45) is 5.92 Å². The Labute approximate surface area is 216 Å². The van der Waals surface area contributed by atoms with E-state index in [9.17, 15) is 39.6 Å². The number of nitrogens with one attached hydrogen (secondary N) is 1. The summed E-state index contributed by atoms with van der Waals surface area (Å²) in [5.41, 5.74) is 0.437. The maximum Gasteiger partial charge on any atom is 0.391 e. The molecular weight excluding hydrogens is 536 g/mol. The van der Waals surface area contributed by atoms with Crippen LogP contribution in [0.15, 0.2) is 41.4 Å². The quantitative estimate of drug-likeness (QED) is 0.502. The minimum absolute atomic E-state index is 0.0251. The highest BCUT2D eigenvalue weighted by atomic mass is 32.2. The van der Waals surface area contributed by atoms with Gasteiger partial charge in [0, 0.05) is 30.1 Å². The van der Waals surface area contributed by atoms with Gasteiger partial charge in [-0.3, -0.25) is 9.78 Å². The zero-order valence-electron chi connectivity index (χ0n) is 20.4. The van der Waals surface area contributed by atoms with Gasteiger partial charge in [0.05, 0.1) is 23.1 Å². The lowest BCUT2D eigenvalue weighted by atomic mass is 9.80. The van der Waals surface area contributed by atoms with E-state index in [1.54, 1.807) is 0 Å². The monoisotopic (exact) mass is 563 g/mol. The van der Waals surface area contributed by atoms with Crippen molar-refractivity contribution in [1.82, 2.24) is 14.6 Å². The van der Waals surface area contributed by atoms with Crippen LogP contribution in [0, 0.1) is 17.6 Å². The number of amides is 1. The molecule has 1 N–H and O–H groups in total. The molecule has 0 bridgehead atoms. The molecule has 1 aliphatic carbocycles. The number of rotatable bonds is 6. The van der Waals surface area contributed by atoms with E-state index in [4.69, 9.17) is 0 Å². The Kier molecular flexibility index (Phi) is 8.08. The smallest absolute Gasteiger partial charge is 0.351 e. The fourth-order valence-electron chi connectivity index (χ4n) is 5.17. The predicted octanol–water partition coefficient (Wildman–Crippen LogP) is 5.00. The van der Waals surface area contributed by atoms with Gasteiger partial charge < -0.3 is 5.32 Å². The van der Waals surface area contributed by atoms with Crippen LogP contribution < -0.4 is 5.32 Å². The zero-order valence-corrected chi connectivity index (χ0v) is 21.2. The van der Waals surface area contributed by atoms with Crippen molar-refractivity contribution in [2.45, 2.75) is 80.8 Å². The first kappa shape index (κ1) is 28.3. The van der Waals surface area contributed by atoms with E-state index in [1.807, 2.05) is 0 Å². The standard InChI is InChI=1S/C25H27F6N3O3S/c1-14-20(27)11-23(34(14)38(36,37)19-8-6-18(26)7-9-19)24(35)33-12-16-10-22(32-13-21(16)28)15-2-4-17(5-3-15)25(29,30)31/h6-10,13-15,17,20,23H,2-5,11-12H2,1H3,(H,33,35)/t14-,15-,17+,20+,23-/m0/s1. The number of nitrogens with zero attached hydrogens (tertiary/aromatic N) is 2. The number of alkyl halides is 4. The molecule has 2 fully saturated rings.